The third-order valence-electron chi connectivity index (χ3n) is 8.22. The van der Waals surface area contributed by atoms with Crippen LogP contribution in [-0.4, -0.2) is 67.3 Å². The van der Waals surface area contributed by atoms with E-state index >= 15 is 4.39 Å². The van der Waals surface area contributed by atoms with E-state index in [4.69, 9.17) is 9.47 Å². The first-order valence-electron chi connectivity index (χ1n) is 15.2. The third-order valence-corrected chi connectivity index (χ3v) is 8.22. The van der Waals surface area contributed by atoms with Crippen LogP contribution in [0.4, 0.5) is 32.3 Å². The maximum Gasteiger partial charge on any atom is 0.420 e. The number of ether oxygens (including phenoxy) is 2. The summed E-state index contributed by atoms with van der Waals surface area (Å²) in [5, 5.41) is 3.10. The lowest BCUT2D eigenvalue weighted by Crippen LogP contribution is -2.50. The first-order chi connectivity index (χ1) is 21.6. The molecule has 45 heavy (non-hydrogen) atoms. The van der Waals surface area contributed by atoms with Gasteiger partial charge in [-0.3, -0.25) is 4.90 Å². The molecule has 5 rings (SSSR count). The number of nitrogens with one attached hydrogen (secondary N) is 1. The number of benzene rings is 3. The lowest BCUT2D eigenvalue weighted by molar-refractivity contribution is 0.206. The number of methoxy groups -OCH3 is 1. The predicted molar refractivity (Wildman–Crippen MR) is 177 cm³/mol. The molecule has 1 aromatic heterocycles. The molecule has 10 heteroatoms. The molecule has 9 nitrogen and oxygen atoms in total. The number of hydrogen-bond acceptors (Lipinski definition) is 8. The number of amides is 1. The number of nitrogens with zero attached hydrogens (tertiary/aromatic N) is 5. The van der Waals surface area contributed by atoms with Gasteiger partial charge in [0.05, 0.1) is 12.8 Å². The van der Waals surface area contributed by atoms with Crippen LogP contribution in [0.25, 0.3) is 0 Å². The van der Waals surface area contributed by atoms with Crippen LogP contribution < -0.4 is 24.6 Å². The van der Waals surface area contributed by atoms with Gasteiger partial charge in [-0.2, -0.15) is 4.98 Å². The fourth-order valence-corrected chi connectivity index (χ4v) is 5.60. The Hall–Kier alpha value is -4.70. The van der Waals surface area contributed by atoms with Crippen LogP contribution in [-0.2, 0) is 6.42 Å². The van der Waals surface area contributed by atoms with Crippen LogP contribution in [0.1, 0.15) is 29.2 Å². The molecule has 0 bridgehead atoms. The van der Waals surface area contributed by atoms with E-state index < -0.39 is 6.09 Å². The maximum absolute atomic E-state index is 15.3. The number of likely N-dealkylation sites (N-methyl/N-ethyl adjacent to an activating group) is 1. The van der Waals surface area contributed by atoms with Gasteiger partial charge in [-0.1, -0.05) is 29.8 Å². The zero-order chi connectivity index (χ0) is 32.1. The average molecular weight is 613 g/mol. The normalized spacial score (nSPS) is 15.1. The second-order valence-electron chi connectivity index (χ2n) is 11.7. The summed E-state index contributed by atoms with van der Waals surface area (Å²) >= 11 is 0. The highest BCUT2D eigenvalue weighted by Gasteiger charge is 2.24. The molecule has 0 saturated carbocycles. The average Bonchev–Trinajstić information content (AvgIpc) is 3.01. The third kappa shape index (κ3) is 7.69. The molecule has 4 aromatic rings. The lowest BCUT2D eigenvalue weighted by Gasteiger charge is -2.39. The minimum absolute atomic E-state index is 0.234. The summed E-state index contributed by atoms with van der Waals surface area (Å²) in [4.78, 5) is 28.5. The molecule has 1 aliphatic rings. The van der Waals surface area contributed by atoms with Crippen molar-refractivity contribution in [2.24, 2.45) is 0 Å². The van der Waals surface area contributed by atoms with Crippen molar-refractivity contribution in [3.8, 4) is 11.5 Å². The van der Waals surface area contributed by atoms with Crippen molar-refractivity contribution in [1.82, 2.24) is 14.9 Å². The summed E-state index contributed by atoms with van der Waals surface area (Å²) in [6, 6.07) is 18.7. The first-order valence-corrected chi connectivity index (χ1v) is 15.2. The van der Waals surface area contributed by atoms with Gasteiger partial charge >= 0.3 is 6.09 Å². The van der Waals surface area contributed by atoms with Crippen LogP contribution in [0.3, 0.4) is 0 Å². The van der Waals surface area contributed by atoms with Gasteiger partial charge in [0, 0.05) is 44.1 Å². The van der Waals surface area contributed by atoms with Gasteiger partial charge in [0.1, 0.15) is 23.1 Å². The molecule has 0 radical (unpaired) electrons. The molecule has 1 N–H and O–H groups in total. The highest BCUT2D eigenvalue weighted by molar-refractivity contribution is 5.88. The van der Waals surface area contributed by atoms with Crippen molar-refractivity contribution < 1.29 is 18.7 Å². The Morgan fingerprint density at radius 2 is 1.78 bits per heavy atom. The number of hydrogen-bond donors (Lipinski definition) is 1. The summed E-state index contributed by atoms with van der Waals surface area (Å²) < 4.78 is 26.5. The van der Waals surface area contributed by atoms with E-state index in [1.165, 1.54) is 11.0 Å². The van der Waals surface area contributed by atoms with Gasteiger partial charge in [0.15, 0.2) is 0 Å². The maximum atomic E-state index is 15.3. The Kier molecular flexibility index (Phi) is 9.83. The second kappa shape index (κ2) is 13.9. The van der Waals surface area contributed by atoms with Gasteiger partial charge in [-0.25, -0.2) is 14.2 Å². The van der Waals surface area contributed by atoms with Crippen LogP contribution in [0.5, 0.6) is 11.5 Å². The minimum atomic E-state index is -0.556. The van der Waals surface area contributed by atoms with Gasteiger partial charge in [0.2, 0.25) is 5.95 Å². The molecule has 236 valence electrons. The standard InChI is InChI=1S/C35H41FN6O3/c1-23-19-24(2)33(25(3)20-23)45-35(43)42(16-14-27-7-10-29(44-6)11-8-27)32-13-15-37-34(39-32)38-28-9-12-31(30(36)21-28)41-18-17-40(5)26(4)22-41/h7-13,15,19-21,26H,14,16-18,22H2,1-6H3,(H,37,38,39). The summed E-state index contributed by atoms with van der Waals surface area (Å²) in [5.74, 6) is 1.56. The van der Waals surface area contributed by atoms with E-state index in [0.717, 1.165) is 47.6 Å². The summed E-state index contributed by atoms with van der Waals surface area (Å²) in [5.41, 5.74) is 4.94. The topological polar surface area (TPSA) is 83.1 Å². The fraction of sp³-hybridized carbons (Fsp3) is 0.343. The highest BCUT2D eigenvalue weighted by atomic mass is 19.1. The number of carbonyl (C=O) groups excluding carboxylic acids is 1. The Morgan fingerprint density at radius 1 is 1.04 bits per heavy atom. The Bertz CT molecular complexity index is 1620. The largest absolute Gasteiger partial charge is 0.497 e. The zero-order valence-corrected chi connectivity index (χ0v) is 26.8. The Labute approximate surface area is 264 Å². The molecule has 1 aliphatic heterocycles. The van der Waals surface area contributed by atoms with Crippen LogP contribution in [0.15, 0.2) is 66.9 Å². The highest BCUT2D eigenvalue weighted by Crippen LogP contribution is 2.28. The number of halogens is 1. The van der Waals surface area contributed by atoms with Crippen molar-refractivity contribution in [1.29, 1.82) is 0 Å². The molecule has 1 atom stereocenters. The van der Waals surface area contributed by atoms with Crippen molar-refractivity contribution in [2.75, 3.05) is 55.5 Å². The first kappa shape index (κ1) is 31.7. The van der Waals surface area contributed by atoms with Crippen molar-refractivity contribution in [2.45, 2.75) is 40.2 Å². The molecule has 0 aliphatic carbocycles. The Morgan fingerprint density at radius 3 is 2.44 bits per heavy atom. The zero-order valence-electron chi connectivity index (χ0n) is 26.8. The molecule has 2 heterocycles. The molecule has 0 spiro atoms. The van der Waals surface area contributed by atoms with E-state index in [9.17, 15) is 4.79 Å². The summed E-state index contributed by atoms with van der Waals surface area (Å²) in [7, 11) is 3.71. The second-order valence-corrected chi connectivity index (χ2v) is 11.7. The molecule has 1 fully saturated rings. The number of carbonyl (C=O) groups is 1. The fourth-order valence-electron chi connectivity index (χ4n) is 5.60. The van der Waals surface area contributed by atoms with Crippen LogP contribution in [0, 0.1) is 26.6 Å². The lowest BCUT2D eigenvalue weighted by atomic mass is 10.1. The number of aryl methyl sites for hydroxylation is 3. The number of aromatic nitrogens is 2. The summed E-state index contributed by atoms with van der Waals surface area (Å²) in [6.07, 6.45) is 1.56. The summed E-state index contributed by atoms with van der Waals surface area (Å²) in [6.45, 7) is 10.7. The Balaban J connectivity index is 1.37. The number of piperazine rings is 1. The van der Waals surface area contributed by atoms with Crippen LogP contribution in [0.2, 0.25) is 0 Å². The van der Waals surface area contributed by atoms with Gasteiger partial charge in [-0.05, 0) is 94.3 Å². The van der Waals surface area contributed by atoms with Gasteiger partial charge in [-0.15, -0.1) is 0 Å². The van der Waals surface area contributed by atoms with Crippen molar-refractivity contribution in [3.63, 3.8) is 0 Å². The quantitative estimate of drug-likeness (QED) is 0.224. The van der Waals surface area contributed by atoms with Crippen LogP contribution >= 0.6 is 0 Å². The SMILES string of the molecule is COc1ccc(CCN(C(=O)Oc2c(C)cc(C)cc2C)c2ccnc(Nc3ccc(N4CCN(C)C(C)C4)c(F)c3)n2)cc1. The van der Waals surface area contributed by atoms with Gasteiger partial charge in [0.25, 0.3) is 0 Å². The smallest absolute Gasteiger partial charge is 0.420 e. The molecule has 3 aromatic carbocycles. The van der Waals surface area contributed by atoms with E-state index in [0.29, 0.717) is 41.9 Å². The molecule has 1 unspecified atom stereocenters. The molecular weight excluding hydrogens is 571 g/mol. The van der Waals surface area contributed by atoms with Gasteiger partial charge < -0.3 is 24.6 Å². The van der Waals surface area contributed by atoms with E-state index in [1.54, 1.807) is 25.4 Å². The van der Waals surface area contributed by atoms with Crippen molar-refractivity contribution in [3.05, 3.63) is 94.9 Å². The molecule has 1 saturated heterocycles. The van der Waals surface area contributed by atoms with E-state index in [1.807, 2.05) is 63.2 Å². The monoisotopic (exact) mass is 612 g/mol. The molecule has 1 amide bonds. The number of rotatable bonds is 9. The predicted octanol–water partition coefficient (Wildman–Crippen LogP) is 6.68. The van der Waals surface area contributed by atoms with E-state index in [-0.39, 0.29) is 11.8 Å². The molecular formula is C35H41FN6O3. The number of anilines is 4. The minimum Gasteiger partial charge on any atom is -0.497 e. The van der Waals surface area contributed by atoms with E-state index in [2.05, 4.69) is 39.1 Å². The van der Waals surface area contributed by atoms with Crippen molar-refractivity contribution >= 4 is 29.2 Å².